The standard InChI is InChI=1S/C15H19N3OS/c19-7-6-18(10-12-2-1-5-16-8-12)11-14-9-17-15(20-14)13-3-4-13/h1-2,5,8-9,13,19H,3-4,6-7,10-11H2. The number of thiazole rings is 1. The number of pyridine rings is 1. The van der Waals surface area contributed by atoms with Crippen LogP contribution in [0.4, 0.5) is 0 Å². The Hall–Kier alpha value is -1.30. The van der Waals surface area contributed by atoms with Gasteiger partial charge in [0.15, 0.2) is 0 Å². The molecule has 0 radical (unpaired) electrons. The SMILES string of the molecule is OCCN(Cc1cccnc1)Cc1cnc(C2CC2)s1. The fourth-order valence-electron chi connectivity index (χ4n) is 2.24. The predicted octanol–water partition coefficient (Wildman–Crippen LogP) is 2.41. The van der Waals surface area contributed by atoms with Gasteiger partial charge in [-0.15, -0.1) is 11.3 Å². The summed E-state index contributed by atoms with van der Waals surface area (Å²) in [6.07, 6.45) is 8.25. The Morgan fingerprint density at radius 3 is 2.90 bits per heavy atom. The molecule has 1 N–H and O–H groups in total. The Morgan fingerprint density at radius 2 is 2.20 bits per heavy atom. The zero-order valence-electron chi connectivity index (χ0n) is 11.4. The minimum Gasteiger partial charge on any atom is -0.395 e. The molecule has 1 saturated carbocycles. The van der Waals surface area contributed by atoms with Crippen molar-refractivity contribution in [2.24, 2.45) is 0 Å². The van der Waals surface area contributed by atoms with Gasteiger partial charge in [-0.3, -0.25) is 9.88 Å². The average Bonchev–Trinajstić information content (AvgIpc) is 3.21. The molecule has 0 aliphatic heterocycles. The first-order valence-corrected chi connectivity index (χ1v) is 7.83. The Bertz CT molecular complexity index is 539. The van der Waals surface area contributed by atoms with Gasteiger partial charge in [0.25, 0.3) is 0 Å². The van der Waals surface area contributed by atoms with Crippen LogP contribution in [-0.2, 0) is 13.1 Å². The fraction of sp³-hybridized carbons (Fsp3) is 0.467. The van der Waals surface area contributed by atoms with E-state index in [1.807, 2.05) is 29.8 Å². The largest absolute Gasteiger partial charge is 0.395 e. The third-order valence-corrected chi connectivity index (χ3v) is 4.57. The quantitative estimate of drug-likeness (QED) is 0.850. The Kier molecular flexibility index (Phi) is 4.40. The second kappa shape index (κ2) is 6.43. The van der Waals surface area contributed by atoms with E-state index in [0.29, 0.717) is 6.54 Å². The van der Waals surface area contributed by atoms with Gasteiger partial charge in [0.2, 0.25) is 0 Å². The van der Waals surface area contributed by atoms with Crippen LogP contribution in [0, 0.1) is 0 Å². The summed E-state index contributed by atoms with van der Waals surface area (Å²) < 4.78 is 0. The minimum atomic E-state index is 0.175. The highest BCUT2D eigenvalue weighted by Crippen LogP contribution is 2.41. The molecule has 0 saturated heterocycles. The van der Waals surface area contributed by atoms with E-state index < -0.39 is 0 Å². The zero-order valence-corrected chi connectivity index (χ0v) is 12.2. The van der Waals surface area contributed by atoms with Crippen molar-refractivity contribution < 1.29 is 5.11 Å². The number of aliphatic hydroxyl groups excluding tert-OH is 1. The van der Waals surface area contributed by atoms with Crippen LogP contribution in [0.5, 0.6) is 0 Å². The Balaban J connectivity index is 1.63. The van der Waals surface area contributed by atoms with Crippen molar-refractivity contribution in [1.29, 1.82) is 0 Å². The molecule has 0 amide bonds. The van der Waals surface area contributed by atoms with E-state index >= 15 is 0 Å². The fourth-order valence-corrected chi connectivity index (χ4v) is 3.37. The summed E-state index contributed by atoms with van der Waals surface area (Å²) in [5.41, 5.74) is 1.17. The van der Waals surface area contributed by atoms with Crippen LogP contribution in [0.15, 0.2) is 30.7 Å². The van der Waals surface area contributed by atoms with Gasteiger partial charge in [-0.2, -0.15) is 0 Å². The summed E-state index contributed by atoms with van der Waals surface area (Å²) in [7, 11) is 0. The van der Waals surface area contributed by atoms with Gasteiger partial charge in [-0.1, -0.05) is 6.07 Å². The number of aliphatic hydroxyl groups is 1. The molecule has 5 heteroatoms. The van der Waals surface area contributed by atoms with Crippen molar-refractivity contribution >= 4 is 11.3 Å². The van der Waals surface area contributed by atoms with Gasteiger partial charge in [0.1, 0.15) is 0 Å². The molecule has 2 heterocycles. The molecule has 20 heavy (non-hydrogen) atoms. The molecule has 0 atom stereocenters. The van der Waals surface area contributed by atoms with E-state index in [1.54, 1.807) is 6.20 Å². The van der Waals surface area contributed by atoms with Gasteiger partial charge in [-0.25, -0.2) is 4.98 Å². The van der Waals surface area contributed by atoms with Gasteiger partial charge in [0.05, 0.1) is 11.6 Å². The Labute approximate surface area is 123 Å². The maximum absolute atomic E-state index is 9.23. The lowest BCUT2D eigenvalue weighted by Gasteiger charge is -2.20. The molecule has 1 aliphatic rings. The van der Waals surface area contributed by atoms with Crippen LogP contribution in [0.1, 0.15) is 34.2 Å². The topological polar surface area (TPSA) is 49.2 Å². The van der Waals surface area contributed by atoms with Gasteiger partial charge < -0.3 is 5.11 Å². The zero-order chi connectivity index (χ0) is 13.8. The number of aromatic nitrogens is 2. The van der Waals surface area contributed by atoms with E-state index in [2.05, 4.69) is 20.9 Å². The van der Waals surface area contributed by atoms with E-state index in [0.717, 1.165) is 19.0 Å². The van der Waals surface area contributed by atoms with E-state index in [9.17, 15) is 5.11 Å². The van der Waals surface area contributed by atoms with Crippen molar-refractivity contribution in [1.82, 2.24) is 14.9 Å². The second-order valence-corrected chi connectivity index (χ2v) is 6.38. The molecule has 106 valence electrons. The molecule has 4 nitrogen and oxygen atoms in total. The molecule has 0 unspecified atom stereocenters. The minimum absolute atomic E-state index is 0.175. The average molecular weight is 289 g/mol. The summed E-state index contributed by atoms with van der Waals surface area (Å²) in [5, 5.41) is 10.5. The van der Waals surface area contributed by atoms with Gasteiger partial charge >= 0.3 is 0 Å². The van der Waals surface area contributed by atoms with Crippen LogP contribution >= 0.6 is 11.3 Å². The molecule has 0 spiro atoms. The van der Waals surface area contributed by atoms with Crippen molar-refractivity contribution in [3.63, 3.8) is 0 Å². The summed E-state index contributed by atoms with van der Waals surface area (Å²) in [4.78, 5) is 12.2. The van der Waals surface area contributed by atoms with Crippen molar-refractivity contribution in [3.8, 4) is 0 Å². The van der Waals surface area contributed by atoms with Crippen LogP contribution in [0.25, 0.3) is 0 Å². The van der Waals surface area contributed by atoms with Gasteiger partial charge in [0, 0.05) is 49.0 Å². The number of nitrogens with zero attached hydrogens (tertiary/aromatic N) is 3. The lowest BCUT2D eigenvalue weighted by atomic mass is 10.2. The third kappa shape index (κ3) is 3.62. The first kappa shape index (κ1) is 13.7. The van der Waals surface area contributed by atoms with Crippen LogP contribution in [0.2, 0.25) is 0 Å². The summed E-state index contributed by atoms with van der Waals surface area (Å²) in [6, 6.07) is 4.02. The van der Waals surface area contributed by atoms with Crippen molar-refractivity contribution in [3.05, 3.63) is 46.2 Å². The van der Waals surface area contributed by atoms with Crippen LogP contribution < -0.4 is 0 Å². The summed E-state index contributed by atoms with van der Waals surface area (Å²) >= 11 is 1.82. The molecular formula is C15H19N3OS. The Morgan fingerprint density at radius 1 is 1.30 bits per heavy atom. The lowest BCUT2D eigenvalue weighted by Crippen LogP contribution is -2.25. The second-order valence-electron chi connectivity index (χ2n) is 5.23. The molecule has 2 aromatic rings. The first-order valence-electron chi connectivity index (χ1n) is 7.02. The van der Waals surface area contributed by atoms with Crippen molar-refractivity contribution in [2.45, 2.75) is 31.8 Å². The summed E-state index contributed by atoms with van der Waals surface area (Å²) in [5.74, 6) is 0.721. The van der Waals surface area contributed by atoms with Crippen molar-refractivity contribution in [2.75, 3.05) is 13.2 Å². The molecule has 0 bridgehead atoms. The van der Waals surface area contributed by atoms with E-state index in [-0.39, 0.29) is 6.61 Å². The molecule has 1 fully saturated rings. The number of rotatable bonds is 7. The van der Waals surface area contributed by atoms with E-state index in [4.69, 9.17) is 0 Å². The maximum Gasteiger partial charge on any atom is 0.0959 e. The first-order chi connectivity index (χ1) is 9.85. The highest BCUT2D eigenvalue weighted by molar-refractivity contribution is 7.11. The van der Waals surface area contributed by atoms with Crippen LogP contribution in [0.3, 0.4) is 0 Å². The summed E-state index contributed by atoms with van der Waals surface area (Å²) in [6.45, 7) is 2.50. The third-order valence-electron chi connectivity index (χ3n) is 3.42. The highest BCUT2D eigenvalue weighted by atomic mass is 32.1. The maximum atomic E-state index is 9.23. The molecule has 0 aromatic carbocycles. The number of hydrogen-bond acceptors (Lipinski definition) is 5. The number of hydrogen-bond donors (Lipinski definition) is 1. The molecule has 2 aromatic heterocycles. The van der Waals surface area contributed by atoms with Gasteiger partial charge in [-0.05, 0) is 24.5 Å². The van der Waals surface area contributed by atoms with Crippen LogP contribution in [-0.4, -0.2) is 33.1 Å². The molecule has 1 aliphatic carbocycles. The predicted molar refractivity (Wildman–Crippen MR) is 79.5 cm³/mol. The smallest absolute Gasteiger partial charge is 0.0959 e. The van der Waals surface area contributed by atoms with E-state index in [1.165, 1.54) is 28.3 Å². The molecular weight excluding hydrogens is 270 g/mol. The normalized spacial score (nSPS) is 14.9. The lowest BCUT2D eigenvalue weighted by molar-refractivity contribution is 0.185. The highest BCUT2D eigenvalue weighted by Gasteiger charge is 2.26. The monoisotopic (exact) mass is 289 g/mol. The molecule has 3 rings (SSSR count).